The summed E-state index contributed by atoms with van der Waals surface area (Å²) >= 11 is 0. The molecule has 0 aliphatic heterocycles. The normalized spacial score (nSPS) is 13.4. The number of ketones is 1. The maximum atomic E-state index is 12.9. The molecule has 1 aromatic heterocycles. The molecule has 0 saturated heterocycles. The van der Waals surface area contributed by atoms with E-state index in [0.29, 0.717) is 17.7 Å². The van der Waals surface area contributed by atoms with E-state index in [4.69, 9.17) is 4.74 Å². The molecule has 1 aliphatic carbocycles. The maximum Gasteiger partial charge on any atom is 0.195 e. The van der Waals surface area contributed by atoms with E-state index in [2.05, 4.69) is 29.2 Å². The fraction of sp³-hybridized carbons (Fsp3) is 0.276. The SMILES string of the molecule is O=C(c1ccc(OCCCCc2ccc(CC3CC3)cc2)cc1)c1c[nH]c2ccccc12. The summed E-state index contributed by atoms with van der Waals surface area (Å²) in [7, 11) is 0. The molecule has 0 amide bonds. The van der Waals surface area contributed by atoms with Crippen molar-refractivity contribution in [2.24, 2.45) is 5.92 Å². The van der Waals surface area contributed by atoms with Crippen LogP contribution in [0.25, 0.3) is 10.9 Å². The van der Waals surface area contributed by atoms with Gasteiger partial charge < -0.3 is 9.72 Å². The van der Waals surface area contributed by atoms with E-state index in [-0.39, 0.29) is 5.78 Å². The largest absolute Gasteiger partial charge is 0.494 e. The van der Waals surface area contributed by atoms with E-state index < -0.39 is 0 Å². The zero-order chi connectivity index (χ0) is 21.8. The van der Waals surface area contributed by atoms with E-state index in [1.807, 2.05) is 48.5 Å². The lowest BCUT2D eigenvalue weighted by Crippen LogP contribution is -2.02. The van der Waals surface area contributed by atoms with Gasteiger partial charge in [-0.25, -0.2) is 0 Å². The lowest BCUT2D eigenvalue weighted by molar-refractivity contribution is 0.104. The van der Waals surface area contributed by atoms with Gasteiger partial charge in [0, 0.05) is 28.2 Å². The van der Waals surface area contributed by atoms with Crippen LogP contribution in [-0.4, -0.2) is 17.4 Å². The van der Waals surface area contributed by atoms with Crippen molar-refractivity contribution in [1.29, 1.82) is 0 Å². The summed E-state index contributed by atoms with van der Waals surface area (Å²) in [5.41, 5.74) is 5.24. The number of aryl methyl sites for hydroxylation is 1. The lowest BCUT2D eigenvalue weighted by atomic mass is 10.0. The second-order valence-corrected chi connectivity index (χ2v) is 8.87. The van der Waals surface area contributed by atoms with Gasteiger partial charge in [-0.3, -0.25) is 4.79 Å². The van der Waals surface area contributed by atoms with Crippen molar-refractivity contribution in [2.45, 2.75) is 38.5 Å². The Morgan fingerprint density at radius 3 is 2.41 bits per heavy atom. The zero-order valence-corrected chi connectivity index (χ0v) is 18.3. The molecule has 3 nitrogen and oxygen atoms in total. The summed E-state index contributed by atoms with van der Waals surface area (Å²) < 4.78 is 5.89. The van der Waals surface area contributed by atoms with E-state index in [9.17, 15) is 4.79 Å². The van der Waals surface area contributed by atoms with Crippen LogP contribution in [0.5, 0.6) is 5.75 Å². The highest BCUT2D eigenvalue weighted by Crippen LogP contribution is 2.32. The van der Waals surface area contributed by atoms with Gasteiger partial charge in [0.15, 0.2) is 5.78 Å². The van der Waals surface area contributed by atoms with Gasteiger partial charge >= 0.3 is 0 Å². The van der Waals surface area contributed by atoms with Gasteiger partial charge in [-0.2, -0.15) is 0 Å². The maximum absolute atomic E-state index is 12.9. The number of benzene rings is 3. The second-order valence-electron chi connectivity index (χ2n) is 8.87. The fourth-order valence-electron chi connectivity index (χ4n) is 4.24. The third-order valence-electron chi connectivity index (χ3n) is 6.32. The van der Waals surface area contributed by atoms with Crippen molar-refractivity contribution < 1.29 is 9.53 Å². The Morgan fingerprint density at radius 2 is 1.62 bits per heavy atom. The number of carbonyl (C=O) groups is 1. The summed E-state index contributed by atoms with van der Waals surface area (Å²) in [5, 5.41) is 0.954. The van der Waals surface area contributed by atoms with Crippen LogP contribution < -0.4 is 4.74 Å². The molecule has 3 aromatic carbocycles. The van der Waals surface area contributed by atoms with Gasteiger partial charge in [0.25, 0.3) is 0 Å². The molecule has 3 heteroatoms. The number of rotatable bonds is 10. The molecule has 32 heavy (non-hydrogen) atoms. The van der Waals surface area contributed by atoms with Gasteiger partial charge in [0.2, 0.25) is 0 Å². The summed E-state index contributed by atoms with van der Waals surface area (Å²) in [4.78, 5) is 16.1. The Bertz CT molecular complexity index is 1180. The number of hydrogen-bond donors (Lipinski definition) is 1. The van der Waals surface area contributed by atoms with Crippen molar-refractivity contribution in [2.75, 3.05) is 6.61 Å². The molecular formula is C29H29NO2. The zero-order valence-electron chi connectivity index (χ0n) is 18.3. The van der Waals surface area contributed by atoms with Crippen LogP contribution in [0.4, 0.5) is 0 Å². The first-order chi connectivity index (χ1) is 15.8. The Balaban J connectivity index is 1.07. The topological polar surface area (TPSA) is 42.1 Å². The van der Waals surface area contributed by atoms with Crippen molar-refractivity contribution in [1.82, 2.24) is 4.98 Å². The number of unbranched alkanes of at least 4 members (excludes halogenated alkanes) is 1. The van der Waals surface area contributed by atoms with E-state index in [0.717, 1.165) is 41.8 Å². The van der Waals surface area contributed by atoms with E-state index in [1.54, 1.807) is 6.20 Å². The van der Waals surface area contributed by atoms with E-state index >= 15 is 0 Å². The smallest absolute Gasteiger partial charge is 0.195 e. The Kier molecular flexibility index (Phi) is 6.06. The summed E-state index contributed by atoms with van der Waals surface area (Å²) in [6.07, 6.45) is 9.07. The number of nitrogens with one attached hydrogen (secondary N) is 1. The van der Waals surface area contributed by atoms with Crippen LogP contribution in [-0.2, 0) is 12.8 Å². The molecular weight excluding hydrogens is 394 g/mol. The van der Waals surface area contributed by atoms with Crippen molar-refractivity contribution >= 4 is 16.7 Å². The van der Waals surface area contributed by atoms with Crippen molar-refractivity contribution in [3.8, 4) is 5.75 Å². The first-order valence-electron chi connectivity index (χ1n) is 11.7. The van der Waals surface area contributed by atoms with Crippen LogP contribution in [0.15, 0.2) is 79.0 Å². The third-order valence-corrected chi connectivity index (χ3v) is 6.32. The van der Waals surface area contributed by atoms with Crippen LogP contribution in [0, 0.1) is 5.92 Å². The minimum Gasteiger partial charge on any atom is -0.494 e. The Labute approximate surface area is 189 Å². The molecule has 162 valence electrons. The number of aromatic amines is 1. The second kappa shape index (κ2) is 9.44. The molecule has 0 spiro atoms. The number of carbonyl (C=O) groups excluding carboxylic acids is 1. The third kappa shape index (κ3) is 4.94. The van der Waals surface area contributed by atoms with Gasteiger partial charge in [0.05, 0.1) is 6.61 Å². The highest BCUT2D eigenvalue weighted by molar-refractivity contribution is 6.16. The molecule has 0 atom stereocenters. The van der Waals surface area contributed by atoms with Gasteiger partial charge in [-0.1, -0.05) is 42.5 Å². The van der Waals surface area contributed by atoms with Crippen LogP contribution in [0.3, 0.4) is 0 Å². The van der Waals surface area contributed by atoms with Crippen LogP contribution in [0.2, 0.25) is 0 Å². The number of para-hydroxylation sites is 1. The lowest BCUT2D eigenvalue weighted by Gasteiger charge is -2.08. The van der Waals surface area contributed by atoms with E-state index in [1.165, 1.54) is 30.4 Å². The van der Waals surface area contributed by atoms with Crippen LogP contribution >= 0.6 is 0 Å². The molecule has 1 saturated carbocycles. The minimum atomic E-state index is 0.0251. The number of H-pyrrole nitrogens is 1. The summed E-state index contributed by atoms with van der Waals surface area (Å²) in [5.74, 6) is 1.78. The first kappa shape index (κ1) is 20.6. The molecule has 0 unspecified atom stereocenters. The van der Waals surface area contributed by atoms with Gasteiger partial charge in [-0.15, -0.1) is 0 Å². The molecule has 4 aromatic rings. The first-order valence-corrected chi connectivity index (χ1v) is 11.7. The van der Waals surface area contributed by atoms with Crippen molar-refractivity contribution in [3.63, 3.8) is 0 Å². The highest BCUT2D eigenvalue weighted by Gasteiger charge is 2.21. The average molecular weight is 424 g/mol. The van der Waals surface area contributed by atoms with Gasteiger partial charge in [-0.05, 0) is 85.9 Å². The highest BCUT2D eigenvalue weighted by atomic mass is 16.5. The summed E-state index contributed by atoms with van der Waals surface area (Å²) in [6, 6.07) is 24.5. The predicted octanol–water partition coefficient (Wildman–Crippen LogP) is 6.75. The quantitative estimate of drug-likeness (QED) is 0.226. The van der Waals surface area contributed by atoms with Gasteiger partial charge in [0.1, 0.15) is 5.75 Å². The monoisotopic (exact) mass is 423 g/mol. The van der Waals surface area contributed by atoms with Crippen molar-refractivity contribution in [3.05, 3.63) is 101 Å². The predicted molar refractivity (Wildman–Crippen MR) is 129 cm³/mol. The molecule has 1 fully saturated rings. The number of hydrogen-bond acceptors (Lipinski definition) is 2. The molecule has 5 rings (SSSR count). The number of aromatic nitrogens is 1. The molecule has 1 aliphatic rings. The molecule has 1 N–H and O–H groups in total. The molecule has 1 heterocycles. The molecule has 0 radical (unpaired) electrons. The summed E-state index contributed by atoms with van der Waals surface area (Å²) in [6.45, 7) is 0.690. The number of fused-ring (bicyclic) bond motifs is 1. The fourth-order valence-corrected chi connectivity index (χ4v) is 4.24. The Morgan fingerprint density at radius 1 is 0.875 bits per heavy atom. The Hall–Kier alpha value is -3.33. The minimum absolute atomic E-state index is 0.0251. The molecule has 0 bridgehead atoms. The number of ether oxygens (including phenoxy) is 1. The average Bonchev–Trinajstić information content (AvgIpc) is 3.55. The van der Waals surface area contributed by atoms with Crippen LogP contribution in [0.1, 0.15) is 52.7 Å². The standard InChI is InChI=1S/C29H29NO2/c31-29(27-20-30-28-7-2-1-6-26(27)28)24-14-16-25(17-15-24)32-18-4-3-5-21-8-10-22(11-9-21)19-23-12-13-23/h1-2,6-11,14-17,20,23,30H,3-5,12-13,18-19H2.